The summed E-state index contributed by atoms with van der Waals surface area (Å²) >= 11 is 0. The highest BCUT2D eigenvalue weighted by Gasteiger charge is 2.21. The Hall–Kier alpha value is -2.63. The summed E-state index contributed by atoms with van der Waals surface area (Å²) in [4.78, 5) is 6.79. The lowest BCUT2D eigenvalue weighted by Gasteiger charge is -2.35. The topological polar surface area (TPSA) is 53.8 Å². The first-order chi connectivity index (χ1) is 12.7. The summed E-state index contributed by atoms with van der Waals surface area (Å²) in [6.45, 7) is 2.79. The maximum atomic E-state index is 5.36. The molecule has 1 aromatic carbocycles. The number of aliphatic imine (C=N–C) groups is 1. The zero-order valence-corrected chi connectivity index (χ0v) is 15.9. The van der Waals surface area contributed by atoms with Gasteiger partial charge in [0.1, 0.15) is 5.75 Å². The van der Waals surface area contributed by atoms with Crippen LogP contribution in [-0.2, 0) is 13.6 Å². The number of hydrogen-bond acceptors (Lipinski definition) is 3. The van der Waals surface area contributed by atoms with E-state index in [1.54, 1.807) is 7.11 Å². The lowest BCUT2D eigenvalue weighted by molar-refractivity contribution is 0.414. The van der Waals surface area contributed by atoms with Crippen molar-refractivity contribution in [2.24, 2.45) is 12.0 Å². The van der Waals surface area contributed by atoms with Crippen LogP contribution in [0, 0.1) is 0 Å². The third-order valence-electron chi connectivity index (χ3n) is 4.89. The number of aromatic nitrogens is 1. The third kappa shape index (κ3) is 4.50. The Morgan fingerprint density at radius 1 is 1.31 bits per heavy atom. The predicted molar refractivity (Wildman–Crippen MR) is 107 cm³/mol. The zero-order chi connectivity index (χ0) is 18.4. The minimum Gasteiger partial charge on any atom is -0.497 e. The quantitative estimate of drug-likeness (QED) is 0.639. The molecule has 0 radical (unpaired) electrons. The average molecular weight is 355 g/mol. The molecule has 0 saturated carbocycles. The first-order valence-electron chi connectivity index (χ1n) is 9.16. The largest absolute Gasteiger partial charge is 0.497 e. The Balaban J connectivity index is 1.57. The van der Waals surface area contributed by atoms with Crippen LogP contribution in [0.1, 0.15) is 18.5 Å². The van der Waals surface area contributed by atoms with Gasteiger partial charge in [-0.25, -0.2) is 0 Å². The molecular formula is C20H29N5O. The van der Waals surface area contributed by atoms with Gasteiger partial charge in [-0.2, -0.15) is 0 Å². The minimum absolute atomic E-state index is 0.370. The van der Waals surface area contributed by atoms with Gasteiger partial charge in [0.2, 0.25) is 0 Å². The number of guanidine groups is 1. The highest BCUT2D eigenvalue weighted by Crippen LogP contribution is 2.24. The second-order valence-electron chi connectivity index (χ2n) is 6.67. The van der Waals surface area contributed by atoms with E-state index in [1.165, 1.54) is 11.4 Å². The molecule has 26 heavy (non-hydrogen) atoms. The molecule has 1 atom stereocenters. The fourth-order valence-electron chi connectivity index (χ4n) is 3.38. The Bertz CT molecular complexity index is 739. The van der Waals surface area contributed by atoms with E-state index < -0.39 is 0 Å². The third-order valence-corrected chi connectivity index (χ3v) is 4.89. The van der Waals surface area contributed by atoms with Crippen molar-refractivity contribution in [3.8, 4) is 5.75 Å². The molecule has 1 aliphatic rings. The maximum Gasteiger partial charge on any atom is 0.191 e. The number of rotatable bonds is 5. The number of methoxy groups -OCH3 is 1. The van der Waals surface area contributed by atoms with E-state index in [9.17, 15) is 0 Å². The summed E-state index contributed by atoms with van der Waals surface area (Å²) in [7, 11) is 5.59. The molecule has 1 aromatic heterocycles. The lowest BCUT2D eigenvalue weighted by Crippen LogP contribution is -2.51. The molecule has 2 heterocycles. The molecule has 1 saturated heterocycles. The fourth-order valence-corrected chi connectivity index (χ4v) is 3.38. The molecule has 1 aliphatic heterocycles. The number of ether oxygens (including phenoxy) is 1. The highest BCUT2D eigenvalue weighted by molar-refractivity contribution is 5.80. The van der Waals surface area contributed by atoms with Gasteiger partial charge in [-0.15, -0.1) is 0 Å². The first-order valence-corrected chi connectivity index (χ1v) is 9.16. The molecule has 0 amide bonds. The Labute approximate surface area is 155 Å². The highest BCUT2D eigenvalue weighted by atomic mass is 16.5. The van der Waals surface area contributed by atoms with Crippen molar-refractivity contribution in [1.29, 1.82) is 0 Å². The van der Waals surface area contributed by atoms with Gasteiger partial charge in [0.25, 0.3) is 0 Å². The summed E-state index contributed by atoms with van der Waals surface area (Å²) in [6, 6.07) is 12.8. The normalized spacial score (nSPS) is 17.9. The molecule has 0 spiro atoms. The van der Waals surface area contributed by atoms with Crippen LogP contribution in [0.5, 0.6) is 5.75 Å². The van der Waals surface area contributed by atoms with Crippen LogP contribution >= 0.6 is 0 Å². The molecule has 6 heteroatoms. The van der Waals surface area contributed by atoms with Gasteiger partial charge in [0.05, 0.1) is 13.7 Å². The van der Waals surface area contributed by atoms with Gasteiger partial charge in [0, 0.05) is 56.9 Å². The van der Waals surface area contributed by atoms with E-state index in [-0.39, 0.29) is 0 Å². The first kappa shape index (κ1) is 18.2. The van der Waals surface area contributed by atoms with Gasteiger partial charge in [0.15, 0.2) is 5.96 Å². The second kappa shape index (κ2) is 8.65. The Morgan fingerprint density at radius 3 is 2.92 bits per heavy atom. The number of benzene rings is 1. The number of anilines is 1. The van der Waals surface area contributed by atoms with E-state index in [2.05, 4.69) is 62.6 Å². The standard InChI is InChI=1S/C20H29N5O/c1-21-20(22-14-18-9-6-11-24(18)2)23-16-7-5-12-25(15-16)17-8-4-10-19(13-17)26-3/h4,6,8-11,13,16H,5,7,12,14-15H2,1-3H3,(H2,21,22,23). The Morgan fingerprint density at radius 2 is 2.19 bits per heavy atom. The van der Waals surface area contributed by atoms with E-state index in [1.807, 2.05) is 19.2 Å². The minimum atomic E-state index is 0.370. The number of nitrogens with zero attached hydrogens (tertiary/aromatic N) is 3. The van der Waals surface area contributed by atoms with Crippen molar-refractivity contribution < 1.29 is 4.74 Å². The smallest absolute Gasteiger partial charge is 0.191 e. The molecule has 1 fully saturated rings. The van der Waals surface area contributed by atoms with Gasteiger partial charge in [-0.3, -0.25) is 4.99 Å². The van der Waals surface area contributed by atoms with Crippen molar-refractivity contribution >= 4 is 11.6 Å². The molecule has 2 aromatic rings. The van der Waals surface area contributed by atoms with Crippen molar-refractivity contribution in [3.63, 3.8) is 0 Å². The zero-order valence-electron chi connectivity index (χ0n) is 15.9. The van der Waals surface area contributed by atoms with E-state index in [0.717, 1.165) is 44.2 Å². The SMILES string of the molecule is CN=C(NCc1cccn1C)NC1CCCN(c2cccc(OC)c2)C1. The molecule has 2 N–H and O–H groups in total. The molecule has 3 rings (SSSR count). The van der Waals surface area contributed by atoms with Crippen molar-refractivity contribution in [3.05, 3.63) is 48.3 Å². The number of piperidine rings is 1. The van der Waals surface area contributed by atoms with Crippen LogP contribution in [0.15, 0.2) is 47.6 Å². The fraction of sp³-hybridized carbons (Fsp3) is 0.450. The van der Waals surface area contributed by atoms with Crippen LogP contribution in [0.4, 0.5) is 5.69 Å². The molecule has 6 nitrogen and oxygen atoms in total. The number of nitrogens with one attached hydrogen (secondary N) is 2. The van der Waals surface area contributed by atoms with Gasteiger partial charge < -0.3 is 24.8 Å². The van der Waals surface area contributed by atoms with Crippen LogP contribution < -0.4 is 20.3 Å². The maximum absolute atomic E-state index is 5.36. The number of hydrogen-bond donors (Lipinski definition) is 2. The summed E-state index contributed by atoms with van der Waals surface area (Å²) in [6.07, 6.45) is 4.36. The van der Waals surface area contributed by atoms with Crippen LogP contribution in [-0.4, -0.2) is 43.8 Å². The molecule has 0 bridgehead atoms. The monoisotopic (exact) mass is 355 g/mol. The van der Waals surface area contributed by atoms with Crippen molar-refractivity contribution in [2.75, 3.05) is 32.1 Å². The second-order valence-corrected chi connectivity index (χ2v) is 6.67. The van der Waals surface area contributed by atoms with E-state index in [4.69, 9.17) is 4.74 Å². The molecule has 140 valence electrons. The van der Waals surface area contributed by atoms with Crippen LogP contribution in [0.25, 0.3) is 0 Å². The van der Waals surface area contributed by atoms with Gasteiger partial charge in [-0.05, 0) is 37.1 Å². The van der Waals surface area contributed by atoms with Gasteiger partial charge in [-0.1, -0.05) is 6.07 Å². The van der Waals surface area contributed by atoms with Crippen LogP contribution in [0.3, 0.4) is 0 Å². The summed E-state index contributed by atoms with van der Waals surface area (Å²) in [5.74, 6) is 1.75. The predicted octanol–water partition coefficient (Wildman–Crippen LogP) is 2.37. The van der Waals surface area contributed by atoms with Crippen LogP contribution in [0.2, 0.25) is 0 Å². The molecule has 0 aliphatic carbocycles. The van der Waals surface area contributed by atoms with E-state index in [0.29, 0.717) is 6.04 Å². The average Bonchev–Trinajstić information content (AvgIpc) is 3.10. The summed E-state index contributed by atoms with van der Waals surface area (Å²) in [5, 5.41) is 6.98. The van der Waals surface area contributed by atoms with Crippen molar-refractivity contribution in [1.82, 2.24) is 15.2 Å². The molecular weight excluding hydrogens is 326 g/mol. The van der Waals surface area contributed by atoms with E-state index >= 15 is 0 Å². The molecule has 1 unspecified atom stereocenters. The lowest BCUT2D eigenvalue weighted by atomic mass is 10.0. The number of aryl methyl sites for hydroxylation is 1. The Kier molecular flexibility index (Phi) is 6.04. The van der Waals surface area contributed by atoms with Gasteiger partial charge >= 0.3 is 0 Å². The van der Waals surface area contributed by atoms with Crippen molar-refractivity contribution in [2.45, 2.75) is 25.4 Å². The summed E-state index contributed by atoms with van der Waals surface area (Å²) in [5.41, 5.74) is 2.44. The summed E-state index contributed by atoms with van der Waals surface area (Å²) < 4.78 is 7.47.